The molecule has 0 fully saturated rings. The van der Waals surface area contributed by atoms with Crippen LogP contribution in [0.1, 0.15) is 46.6 Å². The number of nitrogens with zero attached hydrogens (tertiary/aromatic N) is 1. The summed E-state index contributed by atoms with van der Waals surface area (Å²) in [7, 11) is 0. The maximum atomic E-state index is 11.8. The van der Waals surface area contributed by atoms with E-state index in [0.29, 0.717) is 30.3 Å². The van der Waals surface area contributed by atoms with Gasteiger partial charge in [-0.15, -0.1) is 11.3 Å². The molecule has 6 heteroatoms. The van der Waals surface area contributed by atoms with E-state index in [2.05, 4.69) is 24.1 Å². The third-order valence-corrected chi connectivity index (χ3v) is 4.04. The van der Waals surface area contributed by atoms with Crippen LogP contribution in [0.25, 0.3) is 0 Å². The molecule has 2 heterocycles. The van der Waals surface area contributed by atoms with Crippen molar-refractivity contribution in [3.63, 3.8) is 0 Å². The van der Waals surface area contributed by atoms with E-state index in [-0.39, 0.29) is 5.91 Å². The van der Waals surface area contributed by atoms with Gasteiger partial charge in [0.15, 0.2) is 0 Å². The molecule has 5 nitrogen and oxygen atoms in total. The first-order valence-corrected chi connectivity index (χ1v) is 7.48. The molecule has 0 aliphatic rings. The van der Waals surface area contributed by atoms with Crippen molar-refractivity contribution in [1.82, 2.24) is 10.3 Å². The second-order valence-corrected chi connectivity index (χ2v) is 5.73. The largest absolute Gasteiger partial charge is 0.467 e. The molecular formula is C14H19N3O2S. The zero-order valence-electron chi connectivity index (χ0n) is 11.7. The Bertz CT molecular complexity index is 574. The van der Waals surface area contributed by atoms with Gasteiger partial charge in [-0.1, -0.05) is 13.8 Å². The van der Waals surface area contributed by atoms with Crippen LogP contribution >= 0.6 is 11.3 Å². The van der Waals surface area contributed by atoms with E-state index in [0.717, 1.165) is 17.1 Å². The van der Waals surface area contributed by atoms with Crippen LogP contribution < -0.4 is 11.1 Å². The van der Waals surface area contributed by atoms with Crippen molar-refractivity contribution in [2.45, 2.75) is 32.7 Å². The highest BCUT2D eigenvalue weighted by Gasteiger charge is 2.10. The minimum Gasteiger partial charge on any atom is -0.467 e. The molecule has 2 aromatic rings. The average molecular weight is 293 g/mol. The lowest BCUT2D eigenvalue weighted by Crippen LogP contribution is -2.25. The summed E-state index contributed by atoms with van der Waals surface area (Å²) in [6.45, 7) is 5.10. The van der Waals surface area contributed by atoms with Crippen LogP contribution in [0.2, 0.25) is 0 Å². The van der Waals surface area contributed by atoms with Crippen LogP contribution in [0.15, 0.2) is 22.1 Å². The molecule has 20 heavy (non-hydrogen) atoms. The van der Waals surface area contributed by atoms with E-state index in [4.69, 9.17) is 10.2 Å². The number of aromatic nitrogens is 1. The van der Waals surface area contributed by atoms with Gasteiger partial charge in [-0.3, -0.25) is 4.79 Å². The first-order valence-electron chi connectivity index (χ1n) is 6.60. The van der Waals surface area contributed by atoms with Gasteiger partial charge >= 0.3 is 0 Å². The number of carbonyl (C=O) groups is 1. The first-order chi connectivity index (χ1) is 9.60. The third-order valence-electron chi connectivity index (χ3n) is 2.85. The topological polar surface area (TPSA) is 81.2 Å². The van der Waals surface area contributed by atoms with Crippen molar-refractivity contribution in [3.8, 4) is 0 Å². The number of hydrogen-bond donors (Lipinski definition) is 2. The lowest BCUT2D eigenvalue weighted by Gasteiger charge is -2.01. The van der Waals surface area contributed by atoms with Crippen LogP contribution in [0.3, 0.4) is 0 Å². The van der Waals surface area contributed by atoms with E-state index in [1.54, 1.807) is 17.4 Å². The number of nitrogens with two attached hydrogens (primary N) is 1. The van der Waals surface area contributed by atoms with Crippen LogP contribution in [-0.2, 0) is 13.0 Å². The highest BCUT2D eigenvalue weighted by molar-refractivity contribution is 7.09. The summed E-state index contributed by atoms with van der Waals surface area (Å²) in [6.07, 6.45) is 2.16. The maximum Gasteiger partial charge on any atom is 0.254 e. The van der Waals surface area contributed by atoms with E-state index in [1.807, 2.05) is 5.38 Å². The Labute approximate surface area is 122 Å². The van der Waals surface area contributed by atoms with Gasteiger partial charge in [-0.2, -0.15) is 0 Å². The second-order valence-electron chi connectivity index (χ2n) is 4.84. The summed E-state index contributed by atoms with van der Waals surface area (Å²) in [5.41, 5.74) is 6.96. The first kappa shape index (κ1) is 14.7. The Hall–Kier alpha value is -1.66. The number of thiazole rings is 1. The van der Waals surface area contributed by atoms with Crippen molar-refractivity contribution in [1.29, 1.82) is 0 Å². The molecule has 0 saturated heterocycles. The zero-order valence-corrected chi connectivity index (χ0v) is 12.5. The Morgan fingerprint density at radius 2 is 2.35 bits per heavy atom. The summed E-state index contributed by atoms with van der Waals surface area (Å²) in [5, 5.41) is 6.03. The summed E-state index contributed by atoms with van der Waals surface area (Å²) in [6, 6.07) is 1.66. The fraction of sp³-hybridized carbons (Fsp3) is 0.429. The summed E-state index contributed by atoms with van der Waals surface area (Å²) < 4.78 is 5.13. The molecular weight excluding hydrogens is 274 g/mol. The van der Waals surface area contributed by atoms with Crippen LogP contribution in [0.5, 0.6) is 0 Å². The average Bonchev–Trinajstić information content (AvgIpc) is 3.07. The molecule has 108 valence electrons. The zero-order chi connectivity index (χ0) is 14.5. The van der Waals surface area contributed by atoms with Gasteiger partial charge in [0, 0.05) is 24.3 Å². The number of hydrogen-bond acceptors (Lipinski definition) is 5. The molecule has 0 bridgehead atoms. The quantitative estimate of drug-likeness (QED) is 0.856. The number of nitrogens with one attached hydrogen (secondary N) is 1. The summed E-state index contributed by atoms with van der Waals surface area (Å²) in [5.74, 6) is 0.910. The molecule has 2 aromatic heterocycles. The van der Waals surface area contributed by atoms with Gasteiger partial charge in [-0.05, 0) is 6.07 Å². The smallest absolute Gasteiger partial charge is 0.254 e. The van der Waals surface area contributed by atoms with Crippen molar-refractivity contribution in [2.75, 3.05) is 6.54 Å². The highest BCUT2D eigenvalue weighted by atomic mass is 32.1. The van der Waals surface area contributed by atoms with Crippen LogP contribution in [-0.4, -0.2) is 17.4 Å². The molecule has 2 rings (SSSR count). The Kier molecular flexibility index (Phi) is 4.92. The van der Waals surface area contributed by atoms with E-state index >= 15 is 0 Å². The van der Waals surface area contributed by atoms with E-state index in [1.165, 1.54) is 6.26 Å². The molecule has 1 amide bonds. The van der Waals surface area contributed by atoms with Gasteiger partial charge < -0.3 is 15.5 Å². The Morgan fingerprint density at radius 3 is 2.95 bits per heavy atom. The van der Waals surface area contributed by atoms with Gasteiger partial charge in [0.25, 0.3) is 5.91 Å². The van der Waals surface area contributed by atoms with E-state index in [9.17, 15) is 4.79 Å². The molecule has 0 aliphatic heterocycles. The molecule has 0 saturated carbocycles. The number of furan rings is 1. The maximum absolute atomic E-state index is 11.8. The van der Waals surface area contributed by atoms with Gasteiger partial charge in [0.05, 0.1) is 22.8 Å². The SMILES string of the molecule is CC(C)c1nc(CCNC(=O)c2coc(CN)c2)cs1. The van der Waals surface area contributed by atoms with Crippen molar-refractivity contribution < 1.29 is 9.21 Å². The summed E-state index contributed by atoms with van der Waals surface area (Å²) in [4.78, 5) is 16.4. The molecule has 0 unspecified atom stereocenters. The van der Waals surface area contributed by atoms with Crippen molar-refractivity contribution >= 4 is 17.2 Å². The minimum atomic E-state index is -0.146. The van der Waals surface area contributed by atoms with Crippen molar-refractivity contribution in [2.24, 2.45) is 5.73 Å². The van der Waals surface area contributed by atoms with Crippen LogP contribution in [0, 0.1) is 0 Å². The van der Waals surface area contributed by atoms with Crippen molar-refractivity contribution in [3.05, 3.63) is 39.7 Å². The number of carbonyl (C=O) groups excluding carboxylic acids is 1. The van der Waals surface area contributed by atoms with Gasteiger partial charge in [0.1, 0.15) is 12.0 Å². The fourth-order valence-electron chi connectivity index (χ4n) is 1.72. The van der Waals surface area contributed by atoms with E-state index < -0.39 is 0 Å². The monoisotopic (exact) mass is 293 g/mol. The molecule has 3 N–H and O–H groups in total. The predicted molar refractivity (Wildman–Crippen MR) is 78.8 cm³/mol. The minimum absolute atomic E-state index is 0.146. The normalized spacial score (nSPS) is 11.0. The molecule has 0 atom stereocenters. The predicted octanol–water partition coefficient (Wildman–Crippen LogP) is 2.29. The summed E-state index contributed by atoms with van der Waals surface area (Å²) >= 11 is 1.67. The second kappa shape index (κ2) is 6.67. The standard InChI is InChI=1S/C14H19N3O2S/c1-9(2)14-17-11(8-20-14)3-4-16-13(18)10-5-12(6-15)19-7-10/h5,7-9H,3-4,6,15H2,1-2H3,(H,16,18). The fourth-order valence-corrected chi connectivity index (χ4v) is 2.59. The Balaban J connectivity index is 1.81. The lowest BCUT2D eigenvalue weighted by molar-refractivity contribution is 0.0953. The molecule has 0 radical (unpaired) electrons. The highest BCUT2D eigenvalue weighted by Crippen LogP contribution is 2.19. The number of rotatable bonds is 6. The van der Waals surface area contributed by atoms with Gasteiger partial charge in [-0.25, -0.2) is 4.98 Å². The number of amides is 1. The molecule has 0 aliphatic carbocycles. The lowest BCUT2D eigenvalue weighted by atomic mass is 10.2. The Morgan fingerprint density at radius 1 is 1.55 bits per heavy atom. The molecule has 0 aromatic carbocycles. The van der Waals surface area contributed by atoms with Gasteiger partial charge in [0.2, 0.25) is 0 Å². The third kappa shape index (κ3) is 3.68. The molecule has 0 spiro atoms. The van der Waals surface area contributed by atoms with Crippen LogP contribution in [0.4, 0.5) is 0 Å².